The molecule has 0 radical (unpaired) electrons. The van der Waals surface area contributed by atoms with Gasteiger partial charge in [-0.25, -0.2) is 4.98 Å². The maximum Gasteiger partial charge on any atom is 0.275 e. The Morgan fingerprint density at radius 1 is 1.20 bits per heavy atom. The molecule has 0 aliphatic carbocycles. The minimum Gasteiger partial charge on any atom is -0.369 e. The van der Waals surface area contributed by atoms with Crippen LogP contribution in [0.25, 0.3) is 0 Å². The van der Waals surface area contributed by atoms with Crippen LogP contribution in [0.3, 0.4) is 0 Å². The van der Waals surface area contributed by atoms with Crippen LogP contribution in [0.4, 0.5) is 5.69 Å². The number of benzene rings is 1. The average molecular weight is 334 g/mol. The molecule has 1 aromatic carbocycles. The third-order valence-electron chi connectivity index (χ3n) is 2.56. The molecule has 0 bridgehead atoms. The Morgan fingerprint density at radius 3 is 2.50 bits per heavy atom. The molecule has 0 atom stereocenters. The van der Waals surface area contributed by atoms with Crippen LogP contribution in [0.5, 0.6) is 0 Å². The molecule has 2 rings (SSSR count). The standard InChI is InChI=1S/C14H12BrN3O2/c15-11-2-1-7-17-13(11)14(20)18-10-5-3-9(4-6-10)8-12(16)19/h1-7H,8H2,(H2,16,19)(H,18,20). The van der Waals surface area contributed by atoms with Crippen LogP contribution < -0.4 is 11.1 Å². The highest BCUT2D eigenvalue weighted by atomic mass is 79.9. The lowest BCUT2D eigenvalue weighted by Crippen LogP contribution is -2.15. The van der Waals surface area contributed by atoms with Gasteiger partial charge in [0.2, 0.25) is 5.91 Å². The molecule has 20 heavy (non-hydrogen) atoms. The second-order valence-electron chi connectivity index (χ2n) is 4.13. The zero-order chi connectivity index (χ0) is 14.5. The minimum atomic E-state index is -0.390. The molecule has 102 valence electrons. The number of pyridine rings is 1. The first-order valence-corrected chi connectivity index (χ1v) is 6.64. The third kappa shape index (κ3) is 3.64. The van der Waals surface area contributed by atoms with Gasteiger partial charge in [-0.15, -0.1) is 0 Å². The summed E-state index contributed by atoms with van der Waals surface area (Å²) in [6, 6.07) is 10.4. The van der Waals surface area contributed by atoms with Crippen LogP contribution in [0.15, 0.2) is 47.1 Å². The van der Waals surface area contributed by atoms with E-state index in [0.29, 0.717) is 15.9 Å². The van der Waals surface area contributed by atoms with Gasteiger partial charge >= 0.3 is 0 Å². The molecule has 2 amide bonds. The van der Waals surface area contributed by atoms with E-state index >= 15 is 0 Å². The van der Waals surface area contributed by atoms with E-state index in [4.69, 9.17) is 5.73 Å². The number of halogens is 1. The van der Waals surface area contributed by atoms with Crippen molar-refractivity contribution < 1.29 is 9.59 Å². The number of anilines is 1. The van der Waals surface area contributed by atoms with Crippen LogP contribution in [-0.4, -0.2) is 16.8 Å². The summed E-state index contributed by atoms with van der Waals surface area (Å²) >= 11 is 3.27. The fourth-order valence-electron chi connectivity index (χ4n) is 1.65. The molecule has 0 saturated carbocycles. The van der Waals surface area contributed by atoms with E-state index in [1.54, 1.807) is 42.6 Å². The first-order chi connectivity index (χ1) is 9.56. The van der Waals surface area contributed by atoms with Gasteiger partial charge in [-0.1, -0.05) is 12.1 Å². The second-order valence-corrected chi connectivity index (χ2v) is 4.98. The number of nitrogens with two attached hydrogens (primary N) is 1. The Kier molecular flexibility index (Phi) is 4.47. The SMILES string of the molecule is NC(=O)Cc1ccc(NC(=O)c2ncccc2Br)cc1. The number of hydrogen-bond acceptors (Lipinski definition) is 3. The molecule has 1 aromatic heterocycles. The van der Waals surface area contributed by atoms with Crippen molar-refractivity contribution in [3.63, 3.8) is 0 Å². The van der Waals surface area contributed by atoms with E-state index in [2.05, 4.69) is 26.2 Å². The van der Waals surface area contributed by atoms with Gasteiger partial charge < -0.3 is 11.1 Å². The number of primary amides is 1. The number of nitrogens with one attached hydrogen (secondary N) is 1. The summed E-state index contributed by atoms with van der Waals surface area (Å²) in [4.78, 5) is 26.8. The molecule has 1 heterocycles. The number of hydrogen-bond donors (Lipinski definition) is 2. The maximum absolute atomic E-state index is 12.0. The summed E-state index contributed by atoms with van der Waals surface area (Å²) in [5.74, 6) is -0.695. The highest BCUT2D eigenvalue weighted by Crippen LogP contribution is 2.16. The van der Waals surface area contributed by atoms with E-state index in [1.165, 1.54) is 0 Å². The van der Waals surface area contributed by atoms with E-state index in [1.807, 2.05) is 0 Å². The smallest absolute Gasteiger partial charge is 0.275 e. The molecule has 2 aromatic rings. The highest BCUT2D eigenvalue weighted by Gasteiger charge is 2.11. The number of carbonyl (C=O) groups is 2. The van der Waals surface area contributed by atoms with Gasteiger partial charge in [-0.05, 0) is 45.8 Å². The molecule has 0 spiro atoms. The largest absolute Gasteiger partial charge is 0.369 e. The Bertz CT molecular complexity index is 641. The molecule has 6 heteroatoms. The Labute approximate surface area is 124 Å². The minimum absolute atomic E-state index is 0.181. The lowest BCUT2D eigenvalue weighted by Gasteiger charge is -2.06. The van der Waals surface area contributed by atoms with Crippen LogP contribution in [0.1, 0.15) is 16.1 Å². The number of aromatic nitrogens is 1. The second kappa shape index (κ2) is 6.29. The molecular weight excluding hydrogens is 322 g/mol. The molecule has 0 aliphatic rings. The predicted octanol–water partition coefficient (Wildman–Crippen LogP) is 2.12. The fourth-order valence-corrected chi connectivity index (χ4v) is 2.09. The zero-order valence-corrected chi connectivity index (χ0v) is 12.1. The first kappa shape index (κ1) is 14.2. The van der Waals surface area contributed by atoms with Crippen molar-refractivity contribution in [3.8, 4) is 0 Å². The van der Waals surface area contributed by atoms with Crippen LogP contribution in [0.2, 0.25) is 0 Å². The van der Waals surface area contributed by atoms with Crippen molar-refractivity contribution >= 4 is 33.4 Å². The van der Waals surface area contributed by atoms with Gasteiger partial charge in [0, 0.05) is 16.4 Å². The number of carbonyl (C=O) groups excluding carboxylic acids is 2. The molecule has 3 N–H and O–H groups in total. The summed E-state index contributed by atoms with van der Waals surface area (Å²) < 4.78 is 0.628. The van der Waals surface area contributed by atoms with E-state index in [9.17, 15) is 9.59 Å². The molecule has 0 fully saturated rings. The van der Waals surface area contributed by atoms with Gasteiger partial charge in [0.15, 0.2) is 0 Å². The molecule has 0 saturated heterocycles. The Balaban J connectivity index is 2.09. The van der Waals surface area contributed by atoms with Gasteiger partial charge in [-0.2, -0.15) is 0 Å². The van der Waals surface area contributed by atoms with Crippen LogP contribution >= 0.6 is 15.9 Å². The Morgan fingerprint density at radius 2 is 1.90 bits per heavy atom. The average Bonchev–Trinajstić information content (AvgIpc) is 2.41. The zero-order valence-electron chi connectivity index (χ0n) is 10.5. The summed E-state index contributed by atoms with van der Waals surface area (Å²) in [6.45, 7) is 0. The quantitative estimate of drug-likeness (QED) is 0.898. The topological polar surface area (TPSA) is 85.1 Å². The number of nitrogens with zero attached hydrogens (tertiary/aromatic N) is 1. The molecular formula is C14H12BrN3O2. The molecule has 0 unspecified atom stereocenters. The lowest BCUT2D eigenvalue weighted by molar-refractivity contribution is -0.117. The van der Waals surface area contributed by atoms with Crippen LogP contribution in [-0.2, 0) is 11.2 Å². The summed E-state index contributed by atoms with van der Waals surface area (Å²) in [5, 5.41) is 2.73. The van der Waals surface area contributed by atoms with Crippen molar-refractivity contribution in [1.29, 1.82) is 0 Å². The van der Waals surface area contributed by atoms with Crippen LogP contribution in [0, 0.1) is 0 Å². The summed E-state index contributed by atoms with van der Waals surface area (Å²) in [5.41, 5.74) is 6.85. The van der Waals surface area contributed by atoms with E-state index < -0.39 is 0 Å². The van der Waals surface area contributed by atoms with Crippen molar-refractivity contribution in [2.75, 3.05) is 5.32 Å². The monoisotopic (exact) mass is 333 g/mol. The van der Waals surface area contributed by atoms with Gasteiger partial charge in [0.05, 0.1) is 6.42 Å². The van der Waals surface area contributed by atoms with Crippen molar-refractivity contribution in [3.05, 3.63) is 58.3 Å². The van der Waals surface area contributed by atoms with Crippen molar-refractivity contribution in [2.45, 2.75) is 6.42 Å². The van der Waals surface area contributed by atoms with Crippen molar-refractivity contribution in [2.24, 2.45) is 5.73 Å². The lowest BCUT2D eigenvalue weighted by atomic mass is 10.1. The third-order valence-corrected chi connectivity index (χ3v) is 3.20. The maximum atomic E-state index is 12.0. The predicted molar refractivity (Wildman–Crippen MR) is 79.2 cm³/mol. The molecule has 0 aliphatic heterocycles. The van der Waals surface area contributed by atoms with Gasteiger partial charge in [-0.3, -0.25) is 9.59 Å². The van der Waals surface area contributed by atoms with Crippen molar-refractivity contribution in [1.82, 2.24) is 4.98 Å². The number of amides is 2. The van der Waals surface area contributed by atoms with Gasteiger partial charge in [0.25, 0.3) is 5.91 Å². The highest BCUT2D eigenvalue weighted by molar-refractivity contribution is 9.10. The normalized spacial score (nSPS) is 10.1. The van der Waals surface area contributed by atoms with Gasteiger partial charge in [0.1, 0.15) is 5.69 Å². The number of rotatable bonds is 4. The Hall–Kier alpha value is -2.21. The summed E-state index contributed by atoms with van der Waals surface area (Å²) in [6.07, 6.45) is 1.73. The fraction of sp³-hybridized carbons (Fsp3) is 0.0714. The molecule has 5 nitrogen and oxygen atoms in total. The first-order valence-electron chi connectivity index (χ1n) is 5.85. The van der Waals surface area contributed by atoms with E-state index in [0.717, 1.165) is 5.56 Å². The summed E-state index contributed by atoms with van der Waals surface area (Å²) in [7, 11) is 0. The van der Waals surface area contributed by atoms with E-state index in [-0.39, 0.29) is 18.2 Å².